The summed E-state index contributed by atoms with van der Waals surface area (Å²) in [6.07, 6.45) is 34.8. The zero-order valence-corrected chi connectivity index (χ0v) is 26.7. The van der Waals surface area contributed by atoms with Crippen molar-refractivity contribution in [3.8, 4) is 0 Å². The van der Waals surface area contributed by atoms with Crippen LogP contribution < -0.4 is 0 Å². The highest BCUT2D eigenvalue weighted by atomic mass is 15.4. The smallest absolute Gasteiger partial charge is 0.128 e. The molecule has 2 nitrogen and oxygen atoms in total. The maximum Gasteiger partial charge on any atom is 0.128 e. The molecule has 0 N–H and O–H groups in total. The largest absolute Gasteiger partial charge is 0.324 e. The molecule has 0 bridgehead atoms. The van der Waals surface area contributed by atoms with Gasteiger partial charge in [-0.2, -0.15) is 0 Å². The van der Waals surface area contributed by atoms with Gasteiger partial charge in [-0.3, -0.25) is 0 Å². The maximum atomic E-state index is 2.46. The minimum Gasteiger partial charge on any atom is -0.324 e. The lowest BCUT2D eigenvalue weighted by atomic mass is 10.1. The van der Waals surface area contributed by atoms with Crippen LogP contribution >= 0.6 is 0 Å². The number of rotatable bonds is 29. The molecule has 0 spiro atoms. The summed E-state index contributed by atoms with van der Waals surface area (Å²) in [5.41, 5.74) is 0. The lowest BCUT2D eigenvalue weighted by molar-refractivity contribution is -0.946. The summed E-state index contributed by atoms with van der Waals surface area (Å²) in [6.45, 7) is 9.97. The molecular formula is C34H74N2+2. The summed E-state index contributed by atoms with van der Waals surface area (Å²) >= 11 is 0. The Balaban J connectivity index is 3.58. The van der Waals surface area contributed by atoms with Gasteiger partial charge in [-0.05, 0) is 25.7 Å². The van der Waals surface area contributed by atoms with Crippen LogP contribution in [-0.4, -0.2) is 63.3 Å². The summed E-state index contributed by atoms with van der Waals surface area (Å²) in [7, 11) is 9.84. The van der Waals surface area contributed by atoms with Gasteiger partial charge in [0.2, 0.25) is 0 Å². The molecule has 0 atom stereocenters. The van der Waals surface area contributed by atoms with Crippen LogP contribution in [0.4, 0.5) is 0 Å². The molecular weight excluding hydrogens is 436 g/mol. The van der Waals surface area contributed by atoms with Crippen molar-refractivity contribution in [3.63, 3.8) is 0 Å². The standard InChI is InChI=1S/C34H74N2/c1-7-9-11-13-15-17-19-21-23-25-27-29-31-35(3,4)33-34-36(5,6)32-30-28-26-24-22-20-18-16-14-12-10-8-2/h7-34H2,1-6H3/q+2. The van der Waals surface area contributed by atoms with Gasteiger partial charge in [0, 0.05) is 0 Å². The van der Waals surface area contributed by atoms with Crippen LogP contribution in [0, 0.1) is 0 Å². The monoisotopic (exact) mass is 511 g/mol. The number of hydrogen-bond donors (Lipinski definition) is 0. The van der Waals surface area contributed by atoms with Crippen LogP contribution in [-0.2, 0) is 0 Å². The van der Waals surface area contributed by atoms with Crippen molar-refractivity contribution in [2.24, 2.45) is 0 Å². The van der Waals surface area contributed by atoms with Gasteiger partial charge < -0.3 is 8.97 Å². The molecule has 0 aromatic heterocycles. The molecule has 0 fully saturated rings. The summed E-state index contributed by atoms with van der Waals surface area (Å²) in [5.74, 6) is 0. The molecule has 0 aliphatic rings. The van der Waals surface area contributed by atoms with E-state index in [0.29, 0.717) is 0 Å². The molecule has 0 saturated heterocycles. The molecule has 0 aliphatic heterocycles. The molecule has 0 aromatic carbocycles. The van der Waals surface area contributed by atoms with Crippen molar-refractivity contribution in [1.82, 2.24) is 0 Å². The highest BCUT2D eigenvalue weighted by Crippen LogP contribution is 2.15. The number of unbranched alkanes of at least 4 members (excludes halogenated alkanes) is 22. The van der Waals surface area contributed by atoms with Crippen LogP contribution in [0.25, 0.3) is 0 Å². The van der Waals surface area contributed by atoms with E-state index in [1.165, 1.54) is 189 Å². The van der Waals surface area contributed by atoms with Crippen LogP contribution in [0.15, 0.2) is 0 Å². The summed E-state index contributed by atoms with van der Waals surface area (Å²) in [4.78, 5) is 0. The Morgan fingerprint density at radius 2 is 0.444 bits per heavy atom. The number of nitrogens with zero attached hydrogens (tertiary/aromatic N) is 2. The van der Waals surface area contributed by atoms with E-state index in [1.807, 2.05) is 0 Å². The molecule has 0 aromatic rings. The Morgan fingerprint density at radius 1 is 0.250 bits per heavy atom. The lowest BCUT2D eigenvalue weighted by Crippen LogP contribution is -2.51. The fraction of sp³-hybridized carbons (Fsp3) is 1.00. The third kappa shape index (κ3) is 27.0. The minimum absolute atomic E-state index is 1.21. The fourth-order valence-electron chi connectivity index (χ4n) is 5.53. The van der Waals surface area contributed by atoms with Crippen molar-refractivity contribution in [2.45, 2.75) is 168 Å². The summed E-state index contributed by atoms with van der Waals surface area (Å²) in [5, 5.41) is 0. The number of hydrogen-bond acceptors (Lipinski definition) is 0. The summed E-state index contributed by atoms with van der Waals surface area (Å²) < 4.78 is 2.41. The van der Waals surface area contributed by atoms with Crippen LogP contribution in [0.3, 0.4) is 0 Å². The topological polar surface area (TPSA) is 0 Å². The molecule has 0 radical (unpaired) electrons. The van der Waals surface area contributed by atoms with Gasteiger partial charge in [0.1, 0.15) is 13.1 Å². The van der Waals surface area contributed by atoms with Crippen molar-refractivity contribution in [2.75, 3.05) is 54.4 Å². The molecule has 0 heterocycles. The SMILES string of the molecule is CCCCCCCCCCCCCC[N+](C)(C)CC[N+](C)(C)CCCCCCCCCCCCCC. The molecule has 0 aliphatic carbocycles. The zero-order chi connectivity index (χ0) is 26.8. The quantitative estimate of drug-likeness (QED) is 0.0693. The molecule has 0 amide bonds. The van der Waals surface area contributed by atoms with E-state index in [2.05, 4.69) is 42.0 Å². The average Bonchev–Trinajstić information content (AvgIpc) is 2.84. The summed E-state index contributed by atoms with van der Waals surface area (Å²) in [6, 6.07) is 0. The Morgan fingerprint density at radius 3 is 0.667 bits per heavy atom. The van der Waals surface area contributed by atoms with E-state index in [4.69, 9.17) is 0 Å². The molecule has 36 heavy (non-hydrogen) atoms. The molecule has 2 heteroatoms. The van der Waals surface area contributed by atoms with Gasteiger partial charge in [-0.25, -0.2) is 0 Å². The lowest BCUT2D eigenvalue weighted by Gasteiger charge is -2.36. The molecule has 218 valence electrons. The number of quaternary nitrogens is 2. The van der Waals surface area contributed by atoms with E-state index < -0.39 is 0 Å². The Kier molecular flexibility index (Phi) is 25.2. The zero-order valence-electron chi connectivity index (χ0n) is 26.7. The van der Waals surface area contributed by atoms with Crippen molar-refractivity contribution in [1.29, 1.82) is 0 Å². The first-order chi connectivity index (χ1) is 17.3. The van der Waals surface area contributed by atoms with Crippen molar-refractivity contribution < 1.29 is 8.97 Å². The normalized spacial score (nSPS) is 12.5. The van der Waals surface area contributed by atoms with E-state index in [9.17, 15) is 0 Å². The third-order valence-corrected chi connectivity index (χ3v) is 8.54. The van der Waals surface area contributed by atoms with Gasteiger partial charge in [0.05, 0.1) is 41.3 Å². The van der Waals surface area contributed by atoms with Crippen LogP contribution in [0.1, 0.15) is 168 Å². The fourth-order valence-corrected chi connectivity index (χ4v) is 5.53. The Bertz CT molecular complexity index is 389. The Hall–Kier alpha value is -0.0800. The molecule has 0 saturated carbocycles. The molecule has 0 unspecified atom stereocenters. The van der Waals surface area contributed by atoms with Gasteiger partial charge in [0.15, 0.2) is 0 Å². The van der Waals surface area contributed by atoms with Crippen molar-refractivity contribution in [3.05, 3.63) is 0 Å². The molecule has 0 rings (SSSR count). The van der Waals surface area contributed by atoms with Gasteiger partial charge in [0.25, 0.3) is 0 Å². The third-order valence-electron chi connectivity index (χ3n) is 8.54. The van der Waals surface area contributed by atoms with Gasteiger partial charge in [-0.15, -0.1) is 0 Å². The van der Waals surface area contributed by atoms with E-state index in [-0.39, 0.29) is 0 Å². The minimum atomic E-state index is 1.21. The number of likely N-dealkylation sites (N-methyl/N-ethyl adjacent to an activating group) is 2. The predicted molar refractivity (Wildman–Crippen MR) is 166 cm³/mol. The van der Waals surface area contributed by atoms with Crippen LogP contribution in [0.2, 0.25) is 0 Å². The van der Waals surface area contributed by atoms with E-state index >= 15 is 0 Å². The predicted octanol–water partition coefficient (Wildman–Crippen LogP) is 10.5. The van der Waals surface area contributed by atoms with Crippen LogP contribution in [0.5, 0.6) is 0 Å². The highest BCUT2D eigenvalue weighted by molar-refractivity contribution is 4.50. The van der Waals surface area contributed by atoms with Crippen molar-refractivity contribution >= 4 is 0 Å². The Labute approximate surface area is 231 Å². The maximum absolute atomic E-state index is 2.46. The second-order valence-corrected chi connectivity index (χ2v) is 13.5. The average molecular weight is 511 g/mol. The first-order valence-electron chi connectivity index (χ1n) is 17.0. The van der Waals surface area contributed by atoms with E-state index in [0.717, 1.165) is 0 Å². The second-order valence-electron chi connectivity index (χ2n) is 13.5. The van der Waals surface area contributed by atoms with Gasteiger partial charge >= 0.3 is 0 Å². The first-order valence-corrected chi connectivity index (χ1v) is 17.0. The van der Waals surface area contributed by atoms with Gasteiger partial charge in [-0.1, -0.05) is 142 Å². The van der Waals surface area contributed by atoms with E-state index in [1.54, 1.807) is 0 Å². The first kappa shape index (κ1) is 35.9. The second kappa shape index (κ2) is 25.2. The highest BCUT2D eigenvalue weighted by Gasteiger charge is 2.22.